The molecule has 0 radical (unpaired) electrons. The van der Waals surface area contributed by atoms with Crippen LogP contribution in [0.4, 0.5) is 0 Å². The average molecular weight is 271 g/mol. The highest BCUT2D eigenvalue weighted by Gasteiger charge is 2.22. The van der Waals surface area contributed by atoms with Crippen LogP contribution in [0.1, 0.15) is 32.4 Å². The summed E-state index contributed by atoms with van der Waals surface area (Å²) in [6.07, 6.45) is -0.701. The van der Waals surface area contributed by atoms with E-state index in [-0.39, 0.29) is 12.5 Å². The van der Waals surface area contributed by atoms with Crippen molar-refractivity contribution in [3.63, 3.8) is 0 Å². The number of carbonyl (C=O) groups excluding carboxylic acids is 1. The number of aliphatic hydroxyl groups excluding tert-OH is 1. The molecule has 0 aromatic heterocycles. The Morgan fingerprint density at radius 3 is 2.50 bits per heavy atom. The van der Waals surface area contributed by atoms with Gasteiger partial charge in [-0.3, -0.25) is 4.79 Å². The van der Waals surface area contributed by atoms with Crippen LogP contribution in [0.15, 0.2) is 42.5 Å². The lowest BCUT2D eigenvalue weighted by Gasteiger charge is -2.20. The molecule has 0 aliphatic rings. The molecule has 3 nitrogen and oxygen atoms in total. The van der Waals surface area contributed by atoms with Crippen LogP contribution in [0.2, 0.25) is 0 Å². The second kappa shape index (κ2) is 5.63. The summed E-state index contributed by atoms with van der Waals surface area (Å²) in [6, 6.07) is 13.8. The Balaban J connectivity index is 2.16. The lowest BCUT2D eigenvalue weighted by Crippen LogP contribution is -2.37. The molecule has 0 spiro atoms. The van der Waals surface area contributed by atoms with Crippen LogP contribution in [0.25, 0.3) is 10.8 Å². The molecule has 0 fully saturated rings. The predicted molar refractivity (Wildman–Crippen MR) is 81.4 cm³/mol. The average Bonchev–Trinajstić information content (AvgIpc) is 2.42. The maximum atomic E-state index is 11.8. The lowest BCUT2D eigenvalue weighted by molar-refractivity contribution is -0.128. The number of hydrogen-bond donors (Lipinski definition) is 2. The molecule has 0 saturated heterocycles. The van der Waals surface area contributed by atoms with Crippen molar-refractivity contribution in [1.29, 1.82) is 0 Å². The minimum Gasteiger partial charge on any atom is -0.387 e. The summed E-state index contributed by atoms with van der Waals surface area (Å²) >= 11 is 0. The molecule has 0 heterocycles. The van der Waals surface area contributed by atoms with Crippen LogP contribution in [0.5, 0.6) is 0 Å². The van der Waals surface area contributed by atoms with E-state index in [4.69, 9.17) is 0 Å². The summed E-state index contributed by atoms with van der Waals surface area (Å²) in [5.74, 6) is -0.0585. The first-order valence-electron chi connectivity index (χ1n) is 6.83. The standard InChI is InChI=1S/C17H21NO2/c1-17(2,3)16(20)18-11-15(19)14-10-6-8-12-7-4-5-9-13(12)14/h4-10,15,19H,11H2,1-3H3,(H,18,20)/t15-/m0/s1. The first-order valence-corrected chi connectivity index (χ1v) is 6.83. The van der Waals surface area contributed by atoms with E-state index in [0.717, 1.165) is 16.3 Å². The van der Waals surface area contributed by atoms with E-state index in [1.54, 1.807) is 0 Å². The minimum atomic E-state index is -0.701. The van der Waals surface area contributed by atoms with Gasteiger partial charge >= 0.3 is 0 Å². The Morgan fingerprint density at radius 1 is 1.15 bits per heavy atom. The second-order valence-electron chi connectivity index (χ2n) is 6.04. The first-order chi connectivity index (χ1) is 9.39. The van der Waals surface area contributed by atoms with Gasteiger partial charge in [0.2, 0.25) is 5.91 Å². The van der Waals surface area contributed by atoms with Gasteiger partial charge in [-0.25, -0.2) is 0 Å². The summed E-state index contributed by atoms with van der Waals surface area (Å²) in [6.45, 7) is 5.79. The fourth-order valence-electron chi connectivity index (χ4n) is 2.11. The highest BCUT2D eigenvalue weighted by Crippen LogP contribution is 2.24. The number of rotatable bonds is 3. The third-order valence-corrected chi connectivity index (χ3v) is 3.32. The molecule has 2 aromatic rings. The Kier molecular flexibility index (Phi) is 4.09. The molecule has 1 amide bonds. The number of fused-ring (bicyclic) bond motifs is 1. The minimum absolute atomic E-state index is 0.0585. The van der Waals surface area contributed by atoms with E-state index in [9.17, 15) is 9.90 Å². The zero-order valence-corrected chi connectivity index (χ0v) is 12.2. The van der Waals surface area contributed by atoms with Gasteiger partial charge in [0.15, 0.2) is 0 Å². The number of hydrogen-bond acceptors (Lipinski definition) is 2. The third kappa shape index (κ3) is 3.17. The molecule has 2 aromatic carbocycles. The molecular formula is C17H21NO2. The van der Waals surface area contributed by atoms with Crippen molar-refractivity contribution in [1.82, 2.24) is 5.32 Å². The largest absolute Gasteiger partial charge is 0.387 e. The van der Waals surface area contributed by atoms with E-state index >= 15 is 0 Å². The maximum absolute atomic E-state index is 11.8. The third-order valence-electron chi connectivity index (χ3n) is 3.32. The van der Waals surface area contributed by atoms with Crippen LogP contribution in [0.3, 0.4) is 0 Å². The van der Waals surface area contributed by atoms with Gasteiger partial charge in [0.05, 0.1) is 6.10 Å². The van der Waals surface area contributed by atoms with Gasteiger partial charge in [-0.2, -0.15) is 0 Å². The Hall–Kier alpha value is -1.87. The summed E-state index contributed by atoms with van der Waals surface area (Å²) in [5.41, 5.74) is 0.399. The van der Waals surface area contributed by atoms with Crippen molar-refractivity contribution < 1.29 is 9.90 Å². The smallest absolute Gasteiger partial charge is 0.225 e. The van der Waals surface area contributed by atoms with E-state index in [2.05, 4.69) is 5.32 Å². The van der Waals surface area contributed by atoms with Crippen LogP contribution < -0.4 is 5.32 Å². The molecule has 106 valence electrons. The molecular weight excluding hydrogens is 250 g/mol. The number of amides is 1. The Bertz CT molecular complexity index is 608. The van der Waals surface area contributed by atoms with Crippen LogP contribution in [-0.2, 0) is 4.79 Å². The second-order valence-corrected chi connectivity index (χ2v) is 6.04. The van der Waals surface area contributed by atoms with Gasteiger partial charge in [0, 0.05) is 12.0 Å². The lowest BCUT2D eigenvalue weighted by atomic mass is 9.95. The number of nitrogens with one attached hydrogen (secondary N) is 1. The van der Waals surface area contributed by atoms with Crippen molar-refractivity contribution >= 4 is 16.7 Å². The summed E-state index contributed by atoms with van der Waals surface area (Å²) in [5, 5.41) is 15.2. The van der Waals surface area contributed by atoms with Gasteiger partial charge in [0.1, 0.15) is 0 Å². The molecule has 0 aliphatic carbocycles. The fourth-order valence-corrected chi connectivity index (χ4v) is 2.11. The van der Waals surface area contributed by atoms with Crippen LogP contribution in [0, 0.1) is 5.41 Å². The molecule has 3 heteroatoms. The van der Waals surface area contributed by atoms with Crippen molar-refractivity contribution in [2.75, 3.05) is 6.54 Å². The maximum Gasteiger partial charge on any atom is 0.225 e. The van der Waals surface area contributed by atoms with Crippen LogP contribution >= 0.6 is 0 Å². The van der Waals surface area contributed by atoms with Crippen molar-refractivity contribution in [2.45, 2.75) is 26.9 Å². The van der Waals surface area contributed by atoms with Gasteiger partial charge in [-0.15, -0.1) is 0 Å². The van der Waals surface area contributed by atoms with Crippen LogP contribution in [-0.4, -0.2) is 17.6 Å². The topological polar surface area (TPSA) is 49.3 Å². The van der Waals surface area contributed by atoms with Gasteiger partial charge in [-0.1, -0.05) is 63.2 Å². The molecule has 1 atom stereocenters. The molecule has 2 N–H and O–H groups in total. The zero-order valence-electron chi connectivity index (χ0n) is 12.2. The van der Waals surface area contributed by atoms with E-state index in [1.807, 2.05) is 63.2 Å². The molecule has 0 bridgehead atoms. The molecule has 0 unspecified atom stereocenters. The van der Waals surface area contributed by atoms with Crippen molar-refractivity contribution in [2.24, 2.45) is 5.41 Å². The van der Waals surface area contributed by atoms with E-state index in [1.165, 1.54) is 0 Å². The summed E-state index contributed by atoms with van der Waals surface area (Å²) < 4.78 is 0. The molecule has 20 heavy (non-hydrogen) atoms. The molecule has 2 rings (SSSR count). The number of benzene rings is 2. The summed E-state index contributed by atoms with van der Waals surface area (Å²) in [7, 11) is 0. The SMILES string of the molecule is CC(C)(C)C(=O)NC[C@H](O)c1cccc2ccccc12. The van der Waals surface area contributed by atoms with Crippen molar-refractivity contribution in [3.8, 4) is 0 Å². The van der Waals surface area contributed by atoms with Gasteiger partial charge in [-0.05, 0) is 16.3 Å². The van der Waals surface area contributed by atoms with E-state index in [0.29, 0.717) is 0 Å². The molecule has 0 aliphatic heterocycles. The van der Waals surface area contributed by atoms with Gasteiger partial charge < -0.3 is 10.4 Å². The monoisotopic (exact) mass is 271 g/mol. The summed E-state index contributed by atoms with van der Waals surface area (Å²) in [4.78, 5) is 11.8. The van der Waals surface area contributed by atoms with E-state index < -0.39 is 11.5 Å². The zero-order chi connectivity index (χ0) is 14.8. The van der Waals surface area contributed by atoms with Crippen molar-refractivity contribution in [3.05, 3.63) is 48.0 Å². The first kappa shape index (κ1) is 14.5. The molecule has 0 saturated carbocycles. The fraction of sp³-hybridized carbons (Fsp3) is 0.353. The quantitative estimate of drug-likeness (QED) is 0.901. The predicted octanol–water partition coefficient (Wildman–Crippen LogP) is 3.04. The van der Waals surface area contributed by atoms with Gasteiger partial charge in [0.25, 0.3) is 0 Å². The number of aliphatic hydroxyl groups is 1. The Labute approximate surface area is 119 Å². The number of carbonyl (C=O) groups is 1. The normalized spacial score (nSPS) is 13.2. The highest BCUT2D eigenvalue weighted by atomic mass is 16.3. The Morgan fingerprint density at radius 2 is 1.80 bits per heavy atom. The highest BCUT2D eigenvalue weighted by molar-refractivity contribution is 5.86.